The van der Waals surface area contributed by atoms with E-state index in [4.69, 9.17) is 0 Å². The minimum Gasteiger partial charge on any atom is -0.363 e. The third kappa shape index (κ3) is 5.33. The van der Waals surface area contributed by atoms with E-state index in [9.17, 15) is 4.79 Å². The van der Waals surface area contributed by atoms with E-state index >= 15 is 0 Å². The second-order valence-corrected chi connectivity index (χ2v) is 6.04. The fourth-order valence-electron chi connectivity index (χ4n) is 2.80. The zero-order valence-corrected chi connectivity index (χ0v) is 13.1. The van der Waals surface area contributed by atoms with E-state index < -0.39 is 0 Å². The molecule has 5 nitrogen and oxygen atoms in total. The highest BCUT2D eigenvalue weighted by atomic mass is 16.1. The fraction of sp³-hybridized carbons (Fsp3) is 0.688. The van der Waals surface area contributed by atoms with Gasteiger partial charge in [-0.25, -0.2) is 9.97 Å². The lowest BCUT2D eigenvalue weighted by atomic mass is 9.86. The average molecular weight is 290 g/mol. The second-order valence-electron chi connectivity index (χ2n) is 6.04. The number of hydrogen-bond acceptors (Lipinski definition) is 4. The Labute approximate surface area is 127 Å². The van der Waals surface area contributed by atoms with Crippen molar-refractivity contribution in [3.63, 3.8) is 0 Å². The highest BCUT2D eigenvalue weighted by Crippen LogP contribution is 2.27. The maximum absolute atomic E-state index is 11.9. The fourth-order valence-corrected chi connectivity index (χ4v) is 2.80. The summed E-state index contributed by atoms with van der Waals surface area (Å²) in [5, 5.41) is 2.92. The minimum absolute atomic E-state index is 0.111. The first-order chi connectivity index (χ1) is 10.1. The maximum atomic E-state index is 11.9. The van der Waals surface area contributed by atoms with Crippen LogP contribution in [-0.4, -0.2) is 30.0 Å². The first kappa shape index (κ1) is 15.7. The largest absolute Gasteiger partial charge is 0.363 e. The zero-order valence-electron chi connectivity index (χ0n) is 13.1. The van der Waals surface area contributed by atoms with Crippen molar-refractivity contribution in [3.05, 3.63) is 18.1 Å². The smallest absolute Gasteiger partial charge is 0.220 e. The molecule has 1 N–H and O–H groups in total. The molecular weight excluding hydrogens is 264 g/mol. The molecule has 1 saturated carbocycles. The van der Waals surface area contributed by atoms with Gasteiger partial charge in [-0.05, 0) is 18.4 Å². The van der Waals surface area contributed by atoms with Gasteiger partial charge in [-0.2, -0.15) is 0 Å². The molecule has 1 aliphatic rings. The van der Waals surface area contributed by atoms with Gasteiger partial charge < -0.3 is 10.2 Å². The Hall–Kier alpha value is -1.65. The van der Waals surface area contributed by atoms with Crippen molar-refractivity contribution >= 4 is 11.7 Å². The van der Waals surface area contributed by atoms with Crippen LogP contribution >= 0.6 is 0 Å². The van der Waals surface area contributed by atoms with Crippen LogP contribution in [0.2, 0.25) is 0 Å². The first-order valence-corrected chi connectivity index (χ1v) is 7.91. The van der Waals surface area contributed by atoms with Gasteiger partial charge in [0.1, 0.15) is 11.6 Å². The van der Waals surface area contributed by atoms with Crippen LogP contribution in [0.1, 0.15) is 50.8 Å². The summed E-state index contributed by atoms with van der Waals surface area (Å²) in [4.78, 5) is 22.4. The van der Waals surface area contributed by atoms with Crippen LogP contribution in [0.3, 0.4) is 0 Å². The van der Waals surface area contributed by atoms with E-state index in [1.54, 1.807) is 6.20 Å². The molecular formula is C16H26N4O. The summed E-state index contributed by atoms with van der Waals surface area (Å²) in [7, 11) is 3.88. The number of aromatic nitrogens is 2. The van der Waals surface area contributed by atoms with Crippen molar-refractivity contribution in [1.29, 1.82) is 0 Å². The van der Waals surface area contributed by atoms with Crippen LogP contribution in [0, 0.1) is 5.92 Å². The number of hydrogen-bond donors (Lipinski definition) is 1. The van der Waals surface area contributed by atoms with Gasteiger partial charge in [0.2, 0.25) is 5.91 Å². The van der Waals surface area contributed by atoms with E-state index in [1.165, 1.54) is 32.1 Å². The van der Waals surface area contributed by atoms with E-state index in [2.05, 4.69) is 15.3 Å². The Bertz CT molecular complexity index is 455. The molecule has 0 saturated heterocycles. The average Bonchev–Trinajstić information content (AvgIpc) is 2.52. The zero-order chi connectivity index (χ0) is 15.1. The quantitative estimate of drug-likeness (QED) is 0.874. The van der Waals surface area contributed by atoms with Crippen LogP contribution < -0.4 is 10.2 Å². The standard InChI is InChI=1S/C16H26N4O/c1-20(2)15-10-11-17-14(19-15)12-18-16(21)9-8-13-6-4-3-5-7-13/h10-11,13H,3-9,12H2,1-2H3,(H,18,21). The summed E-state index contributed by atoms with van der Waals surface area (Å²) in [5.74, 6) is 2.38. The Balaban J connectivity index is 1.72. The van der Waals surface area contributed by atoms with Gasteiger partial charge >= 0.3 is 0 Å². The number of carbonyl (C=O) groups excluding carboxylic acids is 1. The molecule has 1 amide bonds. The number of rotatable bonds is 6. The van der Waals surface area contributed by atoms with Gasteiger partial charge in [0, 0.05) is 26.7 Å². The Morgan fingerprint density at radius 1 is 1.33 bits per heavy atom. The predicted octanol–water partition coefficient (Wildman–Crippen LogP) is 2.52. The lowest BCUT2D eigenvalue weighted by molar-refractivity contribution is -0.121. The van der Waals surface area contributed by atoms with E-state index in [0.717, 1.165) is 18.2 Å². The van der Waals surface area contributed by atoms with Crippen LogP contribution in [0.25, 0.3) is 0 Å². The molecule has 2 rings (SSSR count). The maximum Gasteiger partial charge on any atom is 0.220 e. The number of nitrogens with zero attached hydrogens (tertiary/aromatic N) is 3. The third-order valence-corrected chi connectivity index (χ3v) is 4.10. The van der Waals surface area contributed by atoms with Gasteiger partial charge in [0.25, 0.3) is 0 Å². The molecule has 1 aromatic heterocycles. The van der Waals surface area contributed by atoms with Crippen LogP contribution in [0.5, 0.6) is 0 Å². The molecule has 1 heterocycles. The number of anilines is 1. The van der Waals surface area contributed by atoms with Crippen LogP contribution in [0.15, 0.2) is 12.3 Å². The molecule has 1 fully saturated rings. The third-order valence-electron chi connectivity index (χ3n) is 4.10. The van der Waals surface area contributed by atoms with Crippen molar-refractivity contribution < 1.29 is 4.79 Å². The van der Waals surface area contributed by atoms with E-state index in [-0.39, 0.29) is 5.91 Å². The normalized spacial score (nSPS) is 15.7. The minimum atomic E-state index is 0.111. The lowest BCUT2D eigenvalue weighted by Crippen LogP contribution is -2.25. The molecule has 0 radical (unpaired) electrons. The molecule has 21 heavy (non-hydrogen) atoms. The van der Waals surface area contributed by atoms with Crippen molar-refractivity contribution in [2.24, 2.45) is 5.92 Å². The molecule has 1 aliphatic carbocycles. The Kier molecular flexibility index (Phi) is 5.96. The topological polar surface area (TPSA) is 58.1 Å². The summed E-state index contributed by atoms with van der Waals surface area (Å²) in [6.07, 6.45) is 9.98. The molecule has 0 bridgehead atoms. The second kappa shape index (κ2) is 7.96. The van der Waals surface area contributed by atoms with Crippen molar-refractivity contribution in [2.75, 3.05) is 19.0 Å². The van der Waals surface area contributed by atoms with Crippen molar-refractivity contribution in [2.45, 2.75) is 51.5 Å². The van der Waals surface area contributed by atoms with E-state index in [1.807, 2.05) is 25.1 Å². The van der Waals surface area contributed by atoms with Gasteiger partial charge in [-0.3, -0.25) is 4.79 Å². The molecule has 0 unspecified atom stereocenters. The molecule has 0 spiro atoms. The summed E-state index contributed by atoms with van der Waals surface area (Å²) in [5.41, 5.74) is 0. The van der Waals surface area contributed by atoms with Gasteiger partial charge in [-0.1, -0.05) is 32.1 Å². The van der Waals surface area contributed by atoms with Crippen molar-refractivity contribution in [1.82, 2.24) is 15.3 Å². The van der Waals surface area contributed by atoms with Gasteiger partial charge in [0.05, 0.1) is 6.54 Å². The number of amides is 1. The van der Waals surface area contributed by atoms with Crippen LogP contribution in [-0.2, 0) is 11.3 Å². The van der Waals surface area contributed by atoms with Gasteiger partial charge in [-0.15, -0.1) is 0 Å². The van der Waals surface area contributed by atoms with Gasteiger partial charge in [0.15, 0.2) is 0 Å². The van der Waals surface area contributed by atoms with Crippen molar-refractivity contribution in [3.8, 4) is 0 Å². The monoisotopic (exact) mass is 290 g/mol. The predicted molar refractivity (Wildman–Crippen MR) is 84.0 cm³/mol. The number of carbonyl (C=O) groups is 1. The highest BCUT2D eigenvalue weighted by molar-refractivity contribution is 5.75. The Morgan fingerprint density at radius 2 is 2.10 bits per heavy atom. The summed E-state index contributed by atoms with van der Waals surface area (Å²) in [6.45, 7) is 0.408. The van der Waals surface area contributed by atoms with Crippen LogP contribution in [0.4, 0.5) is 5.82 Å². The summed E-state index contributed by atoms with van der Waals surface area (Å²) in [6, 6.07) is 1.86. The molecule has 1 aromatic rings. The summed E-state index contributed by atoms with van der Waals surface area (Å²) >= 11 is 0. The molecule has 0 aromatic carbocycles. The number of nitrogens with one attached hydrogen (secondary N) is 1. The van der Waals surface area contributed by atoms with E-state index in [0.29, 0.717) is 18.8 Å². The first-order valence-electron chi connectivity index (χ1n) is 7.91. The SMILES string of the molecule is CN(C)c1ccnc(CNC(=O)CCC2CCCCC2)n1. The highest BCUT2D eigenvalue weighted by Gasteiger charge is 2.14. The molecule has 116 valence electrons. The molecule has 0 atom stereocenters. The summed E-state index contributed by atoms with van der Waals surface area (Å²) < 4.78 is 0. The Morgan fingerprint density at radius 3 is 2.81 bits per heavy atom. The molecule has 0 aliphatic heterocycles. The lowest BCUT2D eigenvalue weighted by Gasteiger charge is -2.20. The molecule has 5 heteroatoms.